The summed E-state index contributed by atoms with van der Waals surface area (Å²) in [7, 11) is 0. The molecule has 0 radical (unpaired) electrons. The molecule has 0 amide bonds. The summed E-state index contributed by atoms with van der Waals surface area (Å²) in [5.74, 6) is 1.68. The van der Waals surface area contributed by atoms with Crippen molar-refractivity contribution < 1.29 is 4.52 Å². The van der Waals surface area contributed by atoms with Gasteiger partial charge >= 0.3 is 0 Å². The third-order valence-electron chi connectivity index (χ3n) is 3.90. The summed E-state index contributed by atoms with van der Waals surface area (Å²) in [6.45, 7) is 2.04. The van der Waals surface area contributed by atoms with Crippen molar-refractivity contribution >= 4 is 23.4 Å². The Morgan fingerprint density at radius 2 is 1.63 bits per heavy atom. The van der Waals surface area contributed by atoms with Crippen LogP contribution in [0.25, 0.3) is 22.6 Å². The molecule has 0 spiro atoms. The predicted octanol–water partition coefficient (Wildman–Crippen LogP) is 5.45. The number of nitrogens with zero attached hydrogens (tertiary/aromatic N) is 4. The van der Waals surface area contributed by atoms with E-state index in [1.165, 1.54) is 17.3 Å². The zero-order valence-corrected chi connectivity index (χ0v) is 16.0. The number of aromatic nitrogens is 4. The first kappa shape index (κ1) is 17.7. The Bertz CT molecular complexity index is 1030. The molecule has 0 saturated carbocycles. The molecule has 0 aliphatic heterocycles. The molecule has 0 bridgehead atoms. The molecule has 27 heavy (non-hydrogen) atoms. The van der Waals surface area contributed by atoms with Crippen molar-refractivity contribution in [1.29, 1.82) is 0 Å². The zero-order chi connectivity index (χ0) is 18.6. The third-order valence-corrected chi connectivity index (χ3v) is 5.06. The van der Waals surface area contributed by atoms with Crippen molar-refractivity contribution in [1.82, 2.24) is 20.3 Å². The Labute approximate surface area is 165 Å². The van der Waals surface area contributed by atoms with Crippen molar-refractivity contribution in [2.75, 3.05) is 0 Å². The maximum Gasteiger partial charge on any atom is 0.237 e. The first-order valence-corrected chi connectivity index (χ1v) is 9.66. The van der Waals surface area contributed by atoms with Crippen molar-refractivity contribution in [3.63, 3.8) is 0 Å². The van der Waals surface area contributed by atoms with Crippen molar-refractivity contribution in [3.8, 4) is 22.6 Å². The largest absolute Gasteiger partial charge is 0.338 e. The molecular formula is C20H15ClN4OS. The van der Waals surface area contributed by atoms with Crippen LogP contribution in [0.5, 0.6) is 0 Å². The topological polar surface area (TPSA) is 64.7 Å². The first-order chi connectivity index (χ1) is 13.2. The highest BCUT2D eigenvalue weighted by atomic mass is 35.5. The fourth-order valence-corrected chi connectivity index (χ4v) is 3.22. The van der Waals surface area contributed by atoms with Gasteiger partial charge in [0.1, 0.15) is 5.03 Å². The fourth-order valence-electron chi connectivity index (χ4n) is 2.44. The number of rotatable bonds is 5. The Balaban J connectivity index is 1.40. The highest BCUT2D eigenvalue weighted by Crippen LogP contribution is 2.24. The number of hydrogen-bond acceptors (Lipinski definition) is 6. The van der Waals surface area contributed by atoms with Crippen LogP contribution < -0.4 is 0 Å². The minimum atomic E-state index is 0.536. The van der Waals surface area contributed by atoms with Crippen LogP contribution in [0.3, 0.4) is 0 Å². The average Bonchev–Trinajstić information content (AvgIpc) is 3.17. The highest BCUT2D eigenvalue weighted by Gasteiger charge is 2.10. The smallest absolute Gasteiger partial charge is 0.237 e. The lowest BCUT2D eigenvalue weighted by Gasteiger charge is -2.01. The van der Waals surface area contributed by atoms with Crippen molar-refractivity contribution in [2.24, 2.45) is 0 Å². The van der Waals surface area contributed by atoms with Gasteiger partial charge in [0.05, 0.1) is 11.4 Å². The van der Waals surface area contributed by atoms with Crippen LogP contribution in [-0.2, 0) is 5.75 Å². The molecule has 0 aliphatic carbocycles. The monoisotopic (exact) mass is 394 g/mol. The molecule has 7 heteroatoms. The summed E-state index contributed by atoms with van der Waals surface area (Å²) in [4.78, 5) is 4.44. The molecule has 0 fully saturated rings. The maximum atomic E-state index is 5.91. The van der Waals surface area contributed by atoms with Crippen LogP contribution in [0.4, 0.5) is 0 Å². The van der Waals surface area contributed by atoms with Crippen molar-refractivity contribution in [3.05, 3.63) is 77.1 Å². The molecule has 0 aliphatic rings. The quantitative estimate of drug-likeness (QED) is 0.419. The van der Waals surface area contributed by atoms with Gasteiger partial charge in [0, 0.05) is 16.1 Å². The Kier molecular flexibility index (Phi) is 5.18. The lowest BCUT2D eigenvalue weighted by atomic mass is 10.1. The maximum absolute atomic E-state index is 5.91. The molecule has 2 heterocycles. The summed E-state index contributed by atoms with van der Waals surface area (Å²) in [6, 6.07) is 19.4. The molecule has 134 valence electrons. The van der Waals surface area contributed by atoms with E-state index in [0.29, 0.717) is 22.5 Å². The van der Waals surface area contributed by atoms with E-state index in [4.69, 9.17) is 16.1 Å². The Morgan fingerprint density at radius 1 is 0.889 bits per heavy atom. The highest BCUT2D eigenvalue weighted by molar-refractivity contribution is 7.98. The second-order valence-corrected chi connectivity index (χ2v) is 7.36. The fraction of sp³-hybridized carbons (Fsp3) is 0.100. The van der Waals surface area contributed by atoms with Gasteiger partial charge in [-0.1, -0.05) is 70.5 Å². The van der Waals surface area contributed by atoms with Crippen LogP contribution in [0.1, 0.15) is 11.5 Å². The van der Waals surface area contributed by atoms with Crippen LogP contribution in [0.2, 0.25) is 5.02 Å². The SMILES string of the molecule is Cc1ccc(-c2noc(CSc3ccc(-c4ccc(Cl)cc4)nn3)n2)cc1. The number of benzene rings is 2. The summed E-state index contributed by atoms with van der Waals surface area (Å²) in [5, 5.41) is 14.1. The summed E-state index contributed by atoms with van der Waals surface area (Å²) in [6.07, 6.45) is 0. The molecule has 4 aromatic rings. The Hall–Kier alpha value is -2.70. The van der Waals surface area contributed by atoms with E-state index in [1.807, 2.05) is 67.6 Å². The van der Waals surface area contributed by atoms with Gasteiger partial charge in [-0.3, -0.25) is 0 Å². The molecular weight excluding hydrogens is 380 g/mol. The molecule has 2 aromatic heterocycles. The van der Waals surface area contributed by atoms with Gasteiger partial charge in [-0.05, 0) is 31.2 Å². The minimum absolute atomic E-state index is 0.536. The van der Waals surface area contributed by atoms with E-state index in [2.05, 4.69) is 20.3 Å². The van der Waals surface area contributed by atoms with Gasteiger partial charge in [0.2, 0.25) is 11.7 Å². The Morgan fingerprint density at radius 3 is 2.33 bits per heavy atom. The van der Waals surface area contributed by atoms with Gasteiger partial charge in [-0.25, -0.2) is 0 Å². The van der Waals surface area contributed by atoms with Crippen LogP contribution in [0.15, 0.2) is 70.2 Å². The summed E-state index contributed by atoms with van der Waals surface area (Å²) < 4.78 is 5.33. The second kappa shape index (κ2) is 7.90. The lowest BCUT2D eigenvalue weighted by Crippen LogP contribution is -1.90. The standard InChI is InChI=1S/C20H15ClN4OS/c1-13-2-4-15(5-3-13)20-22-18(26-25-20)12-27-19-11-10-17(23-24-19)14-6-8-16(21)9-7-14/h2-11H,12H2,1H3. The first-order valence-electron chi connectivity index (χ1n) is 8.29. The average molecular weight is 395 g/mol. The van der Waals surface area contributed by atoms with Gasteiger partial charge in [0.25, 0.3) is 0 Å². The lowest BCUT2D eigenvalue weighted by molar-refractivity contribution is 0.391. The molecule has 0 saturated heterocycles. The number of halogens is 1. The van der Waals surface area contributed by atoms with Gasteiger partial charge in [0.15, 0.2) is 0 Å². The van der Waals surface area contributed by atoms with Crippen LogP contribution in [0, 0.1) is 6.92 Å². The molecule has 4 rings (SSSR count). The predicted molar refractivity (Wildman–Crippen MR) is 107 cm³/mol. The second-order valence-electron chi connectivity index (χ2n) is 5.93. The zero-order valence-electron chi connectivity index (χ0n) is 14.5. The third kappa shape index (κ3) is 4.35. The molecule has 5 nitrogen and oxygen atoms in total. The molecule has 0 N–H and O–H groups in total. The minimum Gasteiger partial charge on any atom is -0.338 e. The molecule has 0 unspecified atom stereocenters. The number of hydrogen-bond donors (Lipinski definition) is 0. The van der Waals surface area contributed by atoms with E-state index in [1.54, 1.807) is 0 Å². The van der Waals surface area contributed by atoms with Gasteiger partial charge in [-0.15, -0.1) is 10.2 Å². The van der Waals surface area contributed by atoms with Crippen LogP contribution >= 0.6 is 23.4 Å². The number of thioether (sulfide) groups is 1. The normalized spacial score (nSPS) is 10.9. The van der Waals surface area contributed by atoms with E-state index < -0.39 is 0 Å². The summed E-state index contributed by atoms with van der Waals surface area (Å²) >= 11 is 7.41. The van der Waals surface area contributed by atoms with Crippen LogP contribution in [-0.4, -0.2) is 20.3 Å². The van der Waals surface area contributed by atoms with E-state index in [0.717, 1.165) is 21.8 Å². The molecule has 0 atom stereocenters. The van der Waals surface area contributed by atoms with E-state index in [-0.39, 0.29) is 0 Å². The van der Waals surface area contributed by atoms with Gasteiger partial charge in [-0.2, -0.15) is 4.98 Å². The van der Waals surface area contributed by atoms with E-state index >= 15 is 0 Å². The number of aryl methyl sites for hydroxylation is 1. The van der Waals surface area contributed by atoms with Crippen molar-refractivity contribution in [2.45, 2.75) is 17.7 Å². The molecule has 2 aromatic carbocycles. The van der Waals surface area contributed by atoms with Gasteiger partial charge < -0.3 is 4.52 Å². The van der Waals surface area contributed by atoms with E-state index in [9.17, 15) is 0 Å². The summed E-state index contributed by atoms with van der Waals surface area (Å²) in [5.41, 5.74) is 3.91.